The van der Waals surface area contributed by atoms with E-state index in [1.807, 2.05) is 78.9 Å². The highest BCUT2D eigenvalue weighted by Crippen LogP contribution is 2.44. The van der Waals surface area contributed by atoms with E-state index in [-0.39, 0.29) is 25.6 Å². The molecule has 1 aliphatic rings. The van der Waals surface area contributed by atoms with Crippen LogP contribution in [0.15, 0.2) is 78.9 Å². The van der Waals surface area contributed by atoms with Gasteiger partial charge in [0.2, 0.25) is 5.24 Å². The molecule has 0 radical (unpaired) electrons. The van der Waals surface area contributed by atoms with Gasteiger partial charge < -0.3 is 14.8 Å². The summed E-state index contributed by atoms with van der Waals surface area (Å²) in [5, 5.41) is 1.50. The predicted octanol–water partition coefficient (Wildman–Crippen LogP) is 4.79. The van der Waals surface area contributed by atoms with E-state index >= 15 is 0 Å². The van der Waals surface area contributed by atoms with Crippen LogP contribution < -0.4 is 5.32 Å². The fourth-order valence-electron chi connectivity index (χ4n) is 3.93. The molecule has 1 unspecified atom stereocenters. The Morgan fingerprint density at radius 2 is 1.39 bits per heavy atom. The van der Waals surface area contributed by atoms with Gasteiger partial charge in [-0.3, -0.25) is 9.59 Å². The van der Waals surface area contributed by atoms with E-state index in [1.54, 1.807) is 0 Å². The third-order valence-electron chi connectivity index (χ3n) is 5.52. The minimum atomic E-state index is -1.24. The molecule has 0 aromatic heterocycles. The minimum absolute atomic E-state index is 0.0633. The van der Waals surface area contributed by atoms with Crippen molar-refractivity contribution in [3.05, 3.63) is 95.6 Å². The zero-order chi connectivity index (χ0) is 23.2. The number of carbonyl (C=O) groups excluding carboxylic acids is 3. The van der Waals surface area contributed by atoms with Gasteiger partial charge in [0, 0.05) is 5.92 Å². The lowest BCUT2D eigenvalue weighted by Crippen LogP contribution is -2.41. The second-order valence-electron chi connectivity index (χ2n) is 7.68. The molecule has 0 spiro atoms. The van der Waals surface area contributed by atoms with Gasteiger partial charge in [-0.1, -0.05) is 78.9 Å². The van der Waals surface area contributed by atoms with Crippen LogP contribution in [-0.4, -0.2) is 30.0 Å². The summed E-state index contributed by atoms with van der Waals surface area (Å²) in [5.74, 6) is -0.777. The van der Waals surface area contributed by atoms with Crippen molar-refractivity contribution in [1.82, 2.24) is 5.32 Å². The highest BCUT2D eigenvalue weighted by Gasteiger charge is 2.30. The van der Waals surface area contributed by atoms with Crippen LogP contribution in [0.4, 0.5) is 4.79 Å². The molecule has 3 aromatic rings. The monoisotopic (exact) mass is 463 g/mol. The van der Waals surface area contributed by atoms with Gasteiger partial charge in [-0.15, -0.1) is 0 Å². The minimum Gasteiger partial charge on any atom is -0.461 e. The molecule has 0 heterocycles. The third-order valence-corrected chi connectivity index (χ3v) is 5.79. The number of alkyl carbamates (subject to hydrolysis) is 1. The molecule has 1 aliphatic carbocycles. The quantitative estimate of drug-likeness (QED) is 0.383. The summed E-state index contributed by atoms with van der Waals surface area (Å²) in [4.78, 5) is 36.3. The number of amides is 1. The molecule has 4 rings (SSSR count). The summed E-state index contributed by atoms with van der Waals surface area (Å²) in [5.41, 5.74) is 5.17. The van der Waals surface area contributed by atoms with Gasteiger partial charge in [0.25, 0.3) is 0 Å². The number of hydrogen-bond donors (Lipinski definition) is 1. The van der Waals surface area contributed by atoms with E-state index in [4.69, 9.17) is 21.1 Å². The van der Waals surface area contributed by atoms with Crippen molar-refractivity contribution in [1.29, 1.82) is 0 Å². The summed E-state index contributed by atoms with van der Waals surface area (Å²) in [7, 11) is 0. The highest BCUT2D eigenvalue weighted by atomic mass is 35.5. The molecule has 1 atom stereocenters. The van der Waals surface area contributed by atoms with Crippen LogP contribution in [-0.2, 0) is 25.7 Å². The van der Waals surface area contributed by atoms with Gasteiger partial charge in [-0.2, -0.15) is 0 Å². The van der Waals surface area contributed by atoms with Crippen molar-refractivity contribution in [2.24, 2.45) is 0 Å². The number of ether oxygens (including phenoxy) is 2. The van der Waals surface area contributed by atoms with Crippen molar-refractivity contribution < 1.29 is 23.9 Å². The van der Waals surface area contributed by atoms with E-state index < -0.39 is 23.3 Å². The number of benzene rings is 3. The van der Waals surface area contributed by atoms with Crippen molar-refractivity contribution in [3.8, 4) is 11.1 Å². The molecule has 1 N–H and O–H groups in total. The topological polar surface area (TPSA) is 81.7 Å². The zero-order valence-electron chi connectivity index (χ0n) is 17.7. The maximum atomic E-state index is 12.4. The summed E-state index contributed by atoms with van der Waals surface area (Å²) in [6.45, 7) is 0.148. The lowest BCUT2D eigenvalue weighted by molar-refractivity contribution is -0.146. The lowest BCUT2D eigenvalue weighted by Gasteiger charge is -2.17. The lowest BCUT2D eigenvalue weighted by atomic mass is 9.98. The van der Waals surface area contributed by atoms with Crippen molar-refractivity contribution in [3.63, 3.8) is 0 Å². The number of carbonyl (C=O) groups is 3. The van der Waals surface area contributed by atoms with Crippen LogP contribution in [0.5, 0.6) is 0 Å². The second kappa shape index (κ2) is 10.3. The highest BCUT2D eigenvalue weighted by molar-refractivity contribution is 6.65. The Morgan fingerprint density at radius 1 is 0.818 bits per heavy atom. The average molecular weight is 464 g/mol. The van der Waals surface area contributed by atoms with E-state index in [1.165, 1.54) is 0 Å². The van der Waals surface area contributed by atoms with E-state index in [0.29, 0.717) is 0 Å². The number of fused-ring (bicyclic) bond motifs is 3. The van der Waals surface area contributed by atoms with Gasteiger partial charge in [0.1, 0.15) is 19.3 Å². The smallest absolute Gasteiger partial charge is 0.407 e. The standard InChI is InChI=1S/C26H22ClNO5/c27-25(30)23(14-24(29)32-15-17-8-2-1-3-9-17)28-26(31)33-16-22-20-12-6-4-10-18(20)19-11-5-7-13-21(19)22/h1-13,22-23H,14-16H2,(H,28,31). The molecule has 0 aliphatic heterocycles. The third kappa shape index (κ3) is 5.41. The van der Waals surface area contributed by atoms with Crippen molar-refractivity contribution in [2.45, 2.75) is 25.0 Å². The number of nitrogens with one attached hydrogen (secondary N) is 1. The summed E-state index contributed by atoms with van der Waals surface area (Å²) < 4.78 is 10.6. The molecule has 0 saturated carbocycles. The fraction of sp³-hybridized carbons (Fsp3) is 0.192. The maximum absolute atomic E-state index is 12.4. The summed E-state index contributed by atoms with van der Waals surface area (Å²) in [6.07, 6.45) is -1.22. The molecule has 1 amide bonds. The van der Waals surface area contributed by atoms with Crippen LogP contribution >= 0.6 is 11.6 Å². The Balaban J connectivity index is 1.33. The van der Waals surface area contributed by atoms with Crippen LogP contribution in [0, 0.1) is 0 Å². The van der Waals surface area contributed by atoms with Crippen LogP contribution in [0.3, 0.4) is 0 Å². The zero-order valence-corrected chi connectivity index (χ0v) is 18.5. The first kappa shape index (κ1) is 22.6. The number of hydrogen-bond acceptors (Lipinski definition) is 5. The Morgan fingerprint density at radius 3 is 2.00 bits per heavy atom. The molecule has 33 heavy (non-hydrogen) atoms. The largest absolute Gasteiger partial charge is 0.461 e. The maximum Gasteiger partial charge on any atom is 0.407 e. The van der Waals surface area contributed by atoms with Crippen molar-refractivity contribution in [2.75, 3.05) is 6.61 Å². The second-order valence-corrected chi connectivity index (χ2v) is 8.05. The number of esters is 1. The summed E-state index contributed by atoms with van der Waals surface area (Å²) >= 11 is 5.59. The first-order chi connectivity index (χ1) is 16.0. The van der Waals surface area contributed by atoms with Crippen LogP contribution in [0.25, 0.3) is 11.1 Å². The molecule has 0 bridgehead atoms. The van der Waals surface area contributed by atoms with Crippen LogP contribution in [0.2, 0.25) is 0 Å². The molecule has 0 fully saturated rings. The first-order valence-electron chi connectivity index (χ1n) is 10.5. The summed E-state index contributed by atoms with van der Waals surface area (Å²) in [6, 6.07) is 23.8. The molecule has 0 saturated heterocycles. The van der Waals surface area contributed by atoms with Gasteiger partial charge >= 0.3 is 12.1 Å². The van der Waals surface area contributed by atoms with Gasteiger partial charge in [-0.25, -0.2) is 4.79 Å². The Labute approximate surface area is 196 Å². The first-order valence-corrected chi connectivity index (χ1v) is 10.9. The molecule has 168 valence electrons. The average Bonchev–Trinajstić information content (AvgIpc) is 3.15. The van der Waals surface area contributed by atoms with E-state index in [0.717, 1.165) is 27.8 Å². The predicted molar refractivity (Wildman–Crippen MR) is 124 cm³/mol. The Hall–Kier alpha value is -3.64. The van der Waals surface area contributed by atoms with E-state index in [9.17, 15) is 14.4 Å². The van der Waals surface area contributed by atoms with E-state index in [2.05, 4.69) is 5.32 Å². The molecule has 3 aromatic carbocycles. The fourth-order valence-corrected chi connectivity index (χ4v) is 4.07. The molecule has 7 heteroatoms. The Bertz CT molecular complexity index is 1120. The number of rotatable bonds is 8. The van der Waals surface area contributed by atoms with Gasteiger partial charge in [0.15, 0.2) is 0 Å². The molecular weight excluding hydrogens is 442 g/mol. The number of halogens is 1. The van der Waals surface area contributed by atoms with Crippen LogP contribution in [0.1, 0.15) is 29.0 Å². The van der Waals surface area contributed by atoms with Gasteiger partial charge in [0.05, 0.1) is 6.42 Å². The Kier molecular flexibility index (Phi) is 7.05. The van der Waals surface area contributed by atoms with Gasteiger partial charge in [-0.05, 0) is 39.4 Å². The normalized spacial score (nSPS) is 12.9. The molecular formula is C26H22ClNO5. The van der Waals surface area contributed by atoms with Crippen molar-refractivity contribution >= 4 is 28.9 Å². The SMILES string of the molecule is O=C(CC(NC(=O)OCC1c2ccccc2-c2ccccc21)C(=O)Cl)OCc1ccccc1. The molecule has 6 nitrogen and oxygen atoms in total.